The molecule has 0 atom stereocenters. The molecule has 0 radical (unpaired) electrons. The van der Waals surface area contributed by atoms with Crippen LogP contribution in [0.1, 0.15) is 10.4 Å². The van der Waals surface area contributed by atoms with Gasteiger partial charge in [0.15, 0.2) is 0 Å². The van der Waals surface area contributed by atoms with Crippen molar-refractivity contribution >= 4 is 27.8 Å². The number of carbonyl (C=O) groups excluding carboxylic acids is 1. The van der Waals surface area contributed by atoms with E-state index in [-0.39, 0.29) is 5.97 Å². The maximum absolute atomic E-state index is 12.1. The van der Waals surface area contributed by atoms with E-state index in [1.807, 2.05) is 42.5 Å². The molecule has 1 aromatic heterocycles. The van der Waals surface area contributed by atoms with Gasteiger partial charge in [-0.1, -0.05) is 18.2 Å². The SMILES string of the molecule is COC(=O)c1c2ccccc2nc2cc(OC)ccc12. The zero-order valence-electron chi connectivity index (χ0n) is 11.2. The number of benzene rings is 2. The molecule has 0 saturated heterocycles. The van der Waals surface area contributed by atoms with Gasteiger partial charge in [0.1, 0.15) is 5.75 Å². The van der Waals surface area contributed by atoms with Crippen LogP contribution in [0.4, 0.5) is 0 Å². The largest absolute Gasteiger partial charge is 0.497 e. The number of carbonyl (C=O) groups is 1. The molecule has 0 aliphatic heterocycles. The van der Waals surface area contributed by atoms with Gasteiger partial charge in [-0.3, -0.25) is 0 Å². The van der Waals surface area contributed by atoms with Gasteiger partial charge in [-0.25, -0.2) is 9.78 Å². The monoisotopic (exact) mass is 267 g/mol. The minimum Gasteiger partial charge on any atom is -0.497 e. The number of rotatable bonds is 2. The highest BCUT2D eigenvalue weighted by Crippen LogP contribution is 2.28. The summed E-state index contributed by atoms with van der Waals surface area (Å²) >= 11 is 0. The van der Waals surface area contributed by atoms with E-state index in [0.29, 0.717) is 16.8 Å². The summed E-state index contributed by atoms with van der Waals surface area (Å²) in [5.41, 5.74) is 2.01. The van der Waals surface area contributed by atoms with Crippen molar-refractivity contribution in [3.63, 3.8) is 0 Å². The summed E-state index contributed by atoms with van der Waals surface area (Å²) in [4.78, 5) is 16.7. The third kappa shape index (κ3) is 1.86. The van der Waals surface area contributed by atoms with Gasteiger partial charge in [-0.2, -0.15) is 0 Å². The fourth-order valence-electron chi connectivity index (χ4n) is 2.32. The maximum atomic E-state index is 12.1. The molecular formula is C16H13NO3. The van der Waals surface area contributed by atoms with Gasteiger partial charge in [0.05, 0.1) is 30.8 Å². The van der Waals surface area contributed by atoms with Crippen LogP contribution in [0.15, 0.2) is 42.5 Å². The molecule has 100 valence electrons. The molecule has 0 aliphatic carbocycles. The van der Waals surface area contributed by atoms with Gasteiger partial charge in [0.2, 0.25) is 0 Å². The average molecular weight is 267 g/mol. The molecular weight excluding hydrogens is 254 g/mol. The number of aromatic nitrogens is 1. The number of esters is 1. The van der Waals surface area contributed by atoms with Crippen LogP contribution in [0.25, 0.3) is 21.8 Å². The van der Waals surface area contributed by atoms with Crippen LogP contribution in [0, 0.1) is 0 Å². The number of hydrogen-bond acceptors (Lipinski definition) is 4. The van der Waals surface area contributed by atoms with Gasteiger partial charge in [-0.05, 0) is 18.2 Å². The molecule has 0 bridgehead atoms. The lowest BCUT2D eigenvalue weighted by molar-refractivity contribution is 0.0605. The molecule has 0 fully saturated rings. The van der Waals surface area contributed by atoms with Crippen LogP contribution in [-0.2, 0) is 4.74 Å². The van der Waals surface area contributed by atoms with Crippen molar-refractivity contribution in [2.24, 2.45) is 0 Å². The third-order valence-electron chi connectivity index (χ3n) is 3.28. The van der Waals surface area contributed by atoms with Gasteiger partial charge in [-0.15, -0.1) is 0 Å². The van der Waals surface area contributed by atoms with Crippen LogP contribution in [-0.4, -0.2) is 25.2 Å². The predicted molar refractivity (Wildman–Crippen MR) is 77.1 cm³/mol. The second-order valence-electron chi connectivity index (χ2n) is 4.38. The molecule has 3 aromatic rings. The van der Waals surface area contributed by atoms with Crippen LogP contribution in [0.2, 0.25) is 0 Å². The zero-order valence-corrected chi connectivity index (χ0v) is 11.2. The lowest BCUT2D eigenvalue weighted by atomic mass is 10.0. The van der Waals surface area contributed by atoms with Gasteiger partial charge >= 0.3 is 5.97 Å². The Kier molecular flexibility index (Phi) is 2.99. The summed E-state index contributed by atoms with van der Waals surface area (Å²) in [6.45, 7) is 0. The maximum Gasteiger partial charge on any atom is 0.339 e. The van der Waals surface area contributed by atoms with E-state index in [1.54, 1.807) is 7.11 Å². The Bertz CT molecular complexity index is 811. The summed E-state index contributed by atoms with van der Waals surface area (Å²) in [7, 11) is 2.98. The number of nitrogens with zero attached hydrogens (tertiary/aromatic N) is 1. The molecule has 0 amide bonds. The van der Waals surface area contributed by atoms with Crippen molar-refractivity contribution in [3.05, 3.63) is 48.0 Å². The fourth-order valence-corrected chi connectivity index (χ4v) is 2.32. The first-order chi connectivity index (χ1) is 9.74. The highest BCUT2D eigenvalue weighted by atomic mass is 16.5. The fraction of sp³-hybridized carbons (Fsp3) is 0.125. The summed E-state index contributed by atoms with van der Waals surface area (Å²) in [5.74, 6) is 0.342. The number of para-hydroxylation sites is 1. The van der Waals surface area contributed by atoms with E-state index < -0.39 is 0 Å². The van der Waals surface area contributed by atoms with Gasteiger partial charge in [0.25, 0.3) is 0 Å². The molecule has 1 heterocycles. The number of fused-ring (bicyclic) bond motifs is 2. The zero-order chi connectivity index (χ0) is 14.1. The number of hydrogen-bond donors (Lipinski definition) is 0. The van der Waals surface area contributed by atoms with Crippen LogP contribution >= 0.6 is 0 Å². The highest BCUT2D eigenvalue weighted by Gasteiger charge is 2.16. The molecule has 20 heavy (non-hydrogen) atoms. The Hall–Kier alpha value is -2.62. The molecule has 4 heteroatoms. The van der Waals surface area contributed by atoms with Crippen molar-refractivity contribution < 1.29 is 14.3 Å². The number of methoxy groups -OCH3 is 2. The Morgan fingerprint density at radius 2 is 1.75 bits per heavy atom. The molecule has 2 aromatic carbocycles. The number of pyridine rings is 1. The molecule has 4 nitrogen and oxygen atoms in total. The Morgan fingerprint density at radius 1 is 1.00 bits per heavy atom. The first-order valence-electron chi connectivity index (χ1n) is 6.19. The molecule has 0 spiro atoms. The van der Waals surface area contributed by atoms with Gasteiger partial charge in [0, 0.05) is 16.8 Å². The molecule has 3 rings (SSSR count). The van der Waals surface area contributed by atoms with Gasteiger partial charge < -0.3 is 9.47 Å². The minimum atomic E-state index is -0.362. The van der Waals surface area contributed by atoms with E-state index in [0.717, 1.165) is 16.3 Å². The normalized spacial score (nSPS) is 10.7. The average Bonchev–Trinajstić information content (AvgIpc) is 2.51. The van der Waals surface area contributed by atoms with E-state index in [1.165, 1.54) is 7.11 Å². The Morgan fingerprint density at radius 3 is 2.50 bits per heavy atom. The van der Waals surface area contributed by atoms with Crippen molar-refractivity contribution in [1.29, 1.82) is 0 Å². The van der Waals surface area contributed by atoms with Crippen molar-refractivity contribution in [3.8, 4) is 5.75 Å². The van der Waals surface area contributed by atoms with Crippen LogP contribution in [0.5, 0.6) is 5.75 Å². The summed E-state index contributed by atoms with van der Waals surface area (Å²) in [5, 5.41) is 1.55. The summed E-state index contributed by atoms with van der Waals surface area (Å²) < 4.78 is 10.1. The Balaban J connectivity index is 2.46. The standard InChI is InChI=1S/C16H13NO3/c1-19-10-7-8-12-14(9-10)17-13-6-4-3-5-11(13)15(12)16(18)20-2/h3-9H,1-2H3. The van der Waals surface area contributed by atoms with Crippen molar-refractivity contribution in [2.45, 2.75) is 0 Å². The lowest BCUT2D eigenvalue weighted by Crippen LogP contribution is -2.04. The quantitative estimate of drug-likeness (QED) is 0.528. The Labute approximate surface area is 115 Å². The smallest absolute Gasteiger partial charge is 0.339 e. The second kappa shape index (κ2) is 4.81. The molecule has 0 saturated carbocycles. The lowest BCUT2D eigenvalue weighted by Gasteiger charge is -2.10. The summed E-state index contributed by atoms with van der Waals surface area (Å²) in [6.07, 6.45) is 0. The topological polar surface area (TPSA) is 48.4 Å². The van der Waals surface area contributed by atoms with Crippen molar-refractivity contribution in [2.75, 3.05) is 14.2 Å². The molecule has 0 unspecified atom stereocenters. The van der Waals surface area contributed by atoms with Crippen LogP contribution < -0.4 is 4.74 Å². The minimum absolute atomic E-state index is 0.362. The van der Waals surface area contributed by atoms with E-state index >= 15 is 0 Å². The van der Waals surface area contributed by atoms with E-state index in [9.17, 15) is 4.79 Å². The number of ether oxygens (including phenoxy) is 2. The van der Waals surface area contributed by atoms with Crippen LogP contribution in [0.3, 0.4) is 0 Å². The van der Waals surface area contributed by atoms with E-state index in [4.69, 9.17) is 9.47 Å². The highest BCUT2D eigenvalue weighted by molar-refractivity contribution is 6.14. The predicted octanol–water partition coefficient (Wildman–Crippen LogP) is 3.18. The third-order valence-corrected chi connectivity index (χ3v) is 3.28. The second-order valence-corrected chi connectivity index (χ2v) is 4.38. The molecule has 0 aliphatic rings. The first kappa shape index (κ1) is 12.4. The molecule has 0 N–H and O–H groups in total. The van der Waals surface area contributed by atoms with Crippen molar-refractivity contribution in [1.82, 2.24) is 4.98 Å². The van der Waals surface area contributed by atoms with E-state index in [2.05, 4.69) is 4.98 Å². The summed E-state index contributed by atoms with van der Waals surface area (Å²) in [6, 6.07) is 13.0. The first-order valence-corrected chi connectivity index (χ1v) is 6.19.